The lowest BCUT2D eigenvalue weighted by Gasteiger charge is -2.14. The smallest absolute Gasteiger partial charge is 0.269 e. The highest BCUT2D eigenvalue weighted by Crippen LogP contribution is 2.16. The molecule has 0 saturated heterocycles. The zero-order valence-corrected chi connectivity index (χ0v) is 8.53. The largest absolute Gasteiger partial charge is 0.359 e. The van der Waals surface area contributed by atoms with E-state index in [4.69, 9.17) is 4.55 Å². The number of rotatable bonds is 3. The fourth-order valence-electron chi connectivity index (χ4n) is 0.954. The molecule has 0 heterocycles. The molecule has 0 amide bonds. The minimum Gasteiger partial charge on any atom is -0.269 e. The Balaban J connectivity index is 3.04. The molecule has 14 heavy (non-hydrogen) atoms. The van der Waals surface area contributed by atoms with Crippen LogP contribution in [0.15, 0.2) is 30.8 Å². The minimum atomic E-state index is -4.17. The van der Waals surface area contributed by atoms with E-state index in [0.717, 1.165) is 9.87 Å². The fraction of sp³-hybridized carbons (Fsp3) is 0.111. The van der Waals surface area contributed by atoms with Crippen LogP contribution in [0.25, 0.3) is 6.08 Å². The van der Waals surface area contributed by atoms with Gasteiger partial charge >= 0.3 is 10.3 Å². The van der Waals surface area contributed by atoms with E-state index in [1.165, 1.54) is 7.05 Å². The van der Waals surface area contributed by atoms with Crippen LogP contribution in [-0.4, -0.2) is 20.0 Å². The molecule has 1 rings (SSSR count). The Labute approximate surface area is 83.4 Å². The molecular formula is C9H11NO3S. The van der Waals surface area contributed by atoms with E-state index in [1.807, 2.05) is 0 Å². The van der Waals surface area contributed by atoms with Gasteiger partial charge in [-0.3, -0.25) is 8.86 Å². The van der Waals surface area contributed by atoms with Crippen LogP contribution in [0.1, 0.15) is 5.56 Å². The molecular weight excluding hydrogens is 202 g/mol. The Morgan fingerprint density at radius 3 is 2.21 bits per heavy atom. The van der Waals surface area contributed by atoms with Crippen LogP contribution >= 0.6 is 0 Å². The summed E-state index contributed by atoms with van der Waals surface area (Å²) in [5, 5.41) is 0. The van der Waals surface area contributed by atoms with Gasteiger partial charge in [-0.25, -0.2) is 0 Å². The third-order valence-corrected chi connectivity index (χ3v) is 2.74. The summed E-state index contributed by atoms with van der Waals surface area (Å²) in [6, 6.07) is 6.60. The summed E-state index contributed by atoms with van der Waals surface area (Å²) in [7, 11) is -2.89. The summed E-state index contributed by atoms with van der Waals surface area (Å²) in [4.78, 5) is 0. The van der Waals surface area contributed by atoms with E-state index in [9.17, 15) is 8.42 Å². The van der Waals surface area contributed by atoms with Crippen molar-refractivity contribution < 1.29 is 13.0 Å². The molecule has 0 saturated carbocycles. The number of anilines is 1. The Hall–Kier alpha value is -1.33. The van der Waals surface area contributed by atoms with Gasteiger partial charge in [-0.15, -0.1) is 0 Å². The standard InChI is InChI=1S/C9H11NO3S/c1-3-8-4-6-9(7-5-8)10(2)14(11,12)13/h3-7H,1H2,2H3,(H,11,12,13). The minimum absolute atomic E-state index is 0.401. The second-order valence-electron chi connectivity index (χ2n) is 2.74. The summed E-state index contributed by atoms with van der Waals surface area (Å²) < 4.78 is 31.0. The van der Waals surface area contributed by atoms with E-state index in [1.54, 1.807) is 30.3 Å². The van der Waals surface area contributed by atoms with Crippen molar-refractivity contribution in [2.45, 2.75) is 0 Å². The molecule has 0 radical (unpaired) electrons. The van der Waals surface area contributed by atoms with Gasteiger partial charge in [0, 0.05) is 7.05 Å². The molecule has 1 N–H and O–H groups in total. The number of benzene rings is 1. The van der Waals surface area contributed by atoms with E-state index in [2.05, 4.69) is 6.58 Å². The average molecular weight is 213 g/mol. The quantitative estimate of drug-likeness (QED) is 0.775. The van der Waals surface area contributed by atoms with Gasteiger partial charge < -0.3 is 0 Å². The van der Waals surface area contributed by atoms with Crippen molar-refractivity contribution in [3.8, 4) is 0 Å². The number of hydrogen-bond acceptors (Lipinski definition) is 2. The molecule has 1 aromatic rings. The molecule has 5 heteroatoms. The normalized spacial score (nSPS) is 11.0. The van der Waals surface area contributed by atoms with Crippen LogP contribution in [0.5, 0.6) is 0 Å². The second kappa shape index (κ2) is 3.81. The van der Waals surface area contributed by atoms with Crippen LogP contribution in [0.4, 0.5) is 5.69 Å². The van der Waals surface area contributed by atoms with Crippen molar-refractivity contribution in [1.82, 2.24) is 0 Å². The monoisotopic (exact) mass is 213 g/mol. The van der Waals surface area contributed by atoms with E-state index in [-0.39, 0.29) is 0 Å². The highest BCUT2D eigenvalue weighted by atomic mass is 32.2. The number of hydrogen-bond donors (Lipinski definition) is 1. The first-order valence-electron chi connectivity index (χ1n) is 3.89. The Morgan fingerprint density at radius 1 is 1.36 bits per heavy atom. The van der Waals surface area contributed by atoms with Crippen LogP contribution < -0.4 is 4.31 Å². The van der Waals surface area contributed by atoms with Crippen LogP contribution in [0, 0.1) is 0 Å². The van der Waals surface area contributed by atoms with Crippen molar-refractivity contribution in [3.63, 3.8) is 0 Å². The van der Waals surface area contributed by atoms with Crippen molar-refractivity contribution in [3.05, 3.63) is 36.4 Å². The van der Waals surface area contributed by atoms with Crippen molar-refractivity contribution in [2.24, 2.45) is 0 Å². The average Bonchev–Trinajstić information content (AvgIpc) is 2.15. The fourth-order valence-corrected chi connectivity index (χ4v) is 1.34. The molecule has 0 aliphatic heterocycles. The zero-order chi connectivity index (χ0) is 10.8. The van der Waals surface area contributed by atoms with Crippen molar-refractivity contribution >= 4 is 22.1 Å². The molecule has 0 fully saturated rings. The summed E-state index contributed by atoms with van der Waals surface area (Å²) in [5.41, 5.74) is 1.29. The van der Waals surface area contributed by atoms with Gasteiger partial charge in [-0.2, -0.15) is 8.42 Å². The van der Waals surface area contributed by atoms with Gasteiger partial charge in [-0.1, -0.05) is 24.8 Å². The summed E-state index contributed by atoms with van der Waals surface area (Å²) in [6.45, 7) is 3.57. The SMILES string of the molecule is C=Cc1ccc(N(C)S(=O)(=O)O)cc1. The third kappa shape index (κ3) is 2.34. The maximum absolute atomic E-state index is 10.7. The van der Waals surface area contributed by atoms with Crippen LogP contribution in [-0.2, 0) is 10.3 Å². The molecule has 0 bridgehead atoms. The van der Waals surface area contributed by atoms with Gasteiger partial charge in [0.1, 0.15) is 0 Å². The van der Waals surface area contributed by atoms with Crippen molar-refractivity contribution in [2.75, 3.05) is 11.4 Å². The maximum atomic E-state index is 10.7. The van der Waals surface area contributed by atoms with Crippen molar-refractivity contribution in [1.29, 1.82) is 0 Å². The van der Waals surface area contributed by atoms with E-state index < -0.39 is 10.3 Å². The zero-order valence-electron chi connectivity index (χ0n) is 7.71. The molecule has 0 unspecified atom stereocenters. The van der Waals surface area contributed by atoms with E-state index in [0.29, 0.717) is 5.69 Å². The van der Waals surface area contributed by atoms with Gasteiger partial charge in [-0.05, 0) is 17.7 Å². The topological polar surface area (TPSA) is 57.6 Å². The third-order valence-electron chi connectivity index (χ3n) is 1.84. The summed E-state index contributed by atoms with van der Waals surface area (Å²) in [6.07, 6.45) is 1.65. The van der Waals surface area contributed by atoms with Gasteiger partial charge in [0.15, 0.2) is 0 Å². The molecule has 76 valence electrons. The van der Waals surface area contributed by atoms with Gasteiger partial charge in [0.05, 0.1) is 5.69 Å². The second-order valence-corrected chi connectivity index (χ2v) is 4.18. The Bertz CT molecular complexity index is 422. The van der Waals surface area contributed by atoms with Gasteiger partial charge in [0.2, 0.25) is 0 Å². The molecule has 0 atom stereocenters. The first kappa shape index (κ1) is 10.7. The molecule has 1 aromatic carbocycles. The molecule has 0 aliphatic carbocycles. The van der Waals surface area contributed by atoms with Gasteiger partial charge in [0.25, 0.3) is 0 Å². The van der Waals surface area contributed by atoms with Crippen LogP contribution in [0.3, 0.4) is 0 Å². The Kier molecular flexibility index (Phi) is 2.93. The predicted molar refractivity (Wildman–Crippen MR) is 56.5 cm³/mol. The van der Waals surface area contributed by atoms with E-state index >= 15 is 0 Å². The predicted octanol–water partition coefficient (Wildman–Crippen LogP) is 1.57. The molecule has 4 nitrogen and oxygen atoms in total. The maximum Gasteiger partial charge on any atom is 0.359 e. The highest BCUT2D eigenvalue weighted by Gasteiger charge is 2.13. The molecule has 0 spiro atoms. The Morgan fingerprint density at radius 2 is 1.86 bits per heavy atom. The summed E-state index contributed by atoms with van der Waals surface area (Å²) in [5.74, 6) is 0. The first-order chi connectivity index (χ1) is 6.45. The first-order valence-corrected chi connectivity index (χ1v) is 5.28. The molecule has 0 aromatic heterocycles. The lowest BCUT2D eigenvalue weighted by Crippen LogP contribution is -2.25. The number of nitrogens with zero attached hydrogens (tertiary/aromatic N) is 1. The highest BCUT2D eigenvalue weighted by molar-refractivity contribution is 7.87. The summed E-state index contributed by atoms with van der Waals surface area (Å²) >= 11 is 0. The molecule has 0 aliphatic rings. The lowest BCUT2D eigenvalue weighted by atomic mass is 10.2. The lowest BCUT2D eigenvalue weighted by molar-refractivity contribution is 0.481. The van der Waals surface area contributed by atoms with Crippen LogP contribution in [0.2, 0.25) is 0 Å².